The fourth-order valence-electron chi connectivity index (χ4n) is 18.4. The molecule has 0 unspecified atom stereocenters. The van der Waals surface area contributed by atoms with Gasteiger partial charge in [-0.15, -0.1) is 0 Å². The topological polar surface area (TPSA) is 67.3 Å². The quantitative estimate of drug-likeness (QED) is 0.152. The van der Waals surface area contributed by atoms with Gasteiger partial charge in [-0.1, -0.05) is 279 Å². The van der Waals surface area contributed by atoms with E-state index in [1.807, 2.05) is 0 Å². The van der Waals surface area contributed by atoms with E-state index >= 15 is 0 Å². The summed E-state index contributed by atoms with van der Waals surface area (Å²) >= 11 is 0. The molecular weight excluding hydrogens is 1210 g/mol. The van der Waals surface area contributed by atoms with Crippen LogP contribution in [-0.4, -0.2) is 18.3 Å². The van der Waals surface area contributed by atoms with E-state index in [9.17, 15) is 10.5 Å². The van der Waals surface area contributed by atoms with Gasteiger partial charge in [0.1, 0.15) is 23.3 Å². The van der Waals surface area contributed by atoms with Crippen LogP contribution in [0.5, 0.6) is 0 Å². The first-order valence-corrected chi connectivity index (χ1v) is 34.2. The van der Waals surface area contributed by atoms with Crippen LogP contribution in [0.15, 0.2) is 340 Å². The lowest BCUT2D eigenvalue weighted by Crippen LogP contribution is -2.28. The van der Waals surface area contributed by atoms with E-state index < -0.39 is 10.8 Å². The molecule has 21 rings (SSSR count). The second-order valence-corrected chi connectivity index (χ2v) is 26.7. The fraction of sp³-hybridized carbons (Fsp3) is 0.0213. The van der Waals surface area contributed by atoms with Crippen LogP contribution in [0, 0.1) is 22.7 Å². The summed E-state index contributed by atoms with van der Waals surface area (Å²) in [5.74, 6) is 0. The molecular formula is C94H56N6. The van der Waals surface area contributed by atoms with E-state index in [4.69, 9.17) is 0 Å². The second kappa shape index (κ2) is 21.0. The van der Waals surface area contributed by atoms with Crippen molar-refractivity contribution in [2.24, 2.45) is 0 Å². The van der Waals surface area contributed by atoms with E-state index in [-0.39, 0.29) is 0 Å². The standard InChI is InChI=1S/C94H56N6/c95-57-75-89(99-85-51-27-19-43-69(85)73-53-79-71(55-87(73)99)63-37-13-21-45-77(63)93(79,59-29-5-1-6-30-59)60-31-7-2-8-32-60)76(58-96)91(98-83-49-25-17-41-67(83)68-42-18-26-50-84(68)98)92(90(75)97-81-47-23-15-39-65(81)66-40-16-24-48-82(66)97)100-86-52-28-20-44-70(86)74-54-80-72(56-88(74)100)64-38-14-22-46-78(64)94(80,61-33-9-3-10-34-61)62-35-11-4-12-36-62/h1-56H. The molecule has 462 valence electrons. The molecule has 100 heavy (non-hydrogen) atoms. The fourth-order valence-corrected chi connectivity index (χ4v) is 18.4. The van der Waals surface area contributed by atoms with Crippen LogP contribution in [0.3, 0.4) is 0 Å². The van der Waals surface area contributed by atoms with Crippen molar-refractivity contribution >= 4 is 87.2 Å². The molecule has 0 spiro atoms. The predicted molar refractivity (Wildman–Crippen MR) is 408 cm³/mol. The number of rotatable bonds is 8. The number of nitrogens with zero attached hydrogens (tertiary/aromatic N) is 6. The minimum atomic E-state index is -0.689. The van der Waals surface area contributed by atoms with Crippen molar-refractivity contribution in [3.8, 4) is 57.1 Å². The van der Waals surface area contributed by atoms with Gasteiger partial charge in [-0.3, -0.25) is 0 Å². The summed E-state index contributed by atoms with van der Waals surface area (Å²) in [6, 6.07) is 129. The molecule has 19 aromatic rings. The van der Waals surface area contributed by atoms with Crippen molar-refractivity contribution in [1.29, 1.82) is 10.5 Å². The van der Waals surface area contributed by atoms with E-state index in [0.717, 1.165) is 109 Å². The zero-order valence-electron chi connectivity index (χ0n) is 54.0. The first-order chi connectivity index (χ1) is 49.6. The Morgan fingerprint density at radius 2 is 0.450 bits per heavy atom. The maximum Gasteiger partial charge on any atom is 0.104 e. The minimum absolute atomic E-state index is 0.346. The number of nitriles is 2. The van der Waals surface area contributed by atoms with Crippen molar-refractivity contribution in [1.82, 2.24) is 18.3 Å². The Kier molecular flexibility index (Phi) is 11.7. The highest BCUT2D eigenvalue weighted by atomic mass is 15.1. The first kappa shape index (κ1) is 55.7. The monoisotopic (exact) mass is 1270 g/mol. The van der Waals surface area contributed by atoms with Gasteiger partial charge in [0.25, 0.3) is 0 Å². The van der Waals surface area contributed by atoms with Crippen LogP contribution in [0.1, 0.15) is 55.6 Å². The lowest BCUT2D eigenvalue weighted by Gasteiger charge is -2.34. The van der Waals surface area contributed by atoms with Crippen LogP contribution in [0.25, 0.3) is 132 Å². The van der Waals surface area contributed by atoms with Gasteiger partial charge in [-0.05, 0) is 127 Å². The Labute approximate surface area is 575 Å². The lowest BCUT2D eigenvalue weighted by molar-refractivity contribution is 0.769. The summed E-state index contributed by atoms with van der Waals surface area (Å²) in [6.07, 6.45) is 0. The first-order valence-electron chi connectivity index (χ1n) is 34.2. The van der Waals surface area contributed by atoms with Crippen LogP contribution in [-0.2, 0) is 10.8 Å². The highest BCUT2D eigenvalue weighted by Crippen LogP contribution is 2.61. The minimum Gasteiger partial charge on any atom is -0.306 e. The number of fused-ring (bicyclic) bond motifs is 18. The molecule has 0 amide bonds. The predicted octanol–water partition coefficient (Wildman–Crippen LogP) is 22.5. The van der Waals surface area contributed by atoms with Crippen molar-refractivity contribution in [3.63, 3.8) is 0 Å². The highest BCUT2D eigenvalue weighted by molar-refractivity contribution is 6.18. The Bertz CT molecular complexity index is 6450. The van der Waals surface area contributed by atoms with Gasteiger partial charge in [-0.2, -0.15) is 10.5 Å². The molecule has 4 aromatic heterocycles. The molecule has 0 N–H and O–H groups in total. The van der Waals surface area contributed by atoms with Gasteiger partial charge < -0.3 is 18.3 Å². The second-order valence-electron chi connectivity index (χ2n) is 26.7. The van der Waals surface area contributed by atoms with Crippen molar-refractivity contribution < 1.29 is 0 Å². The van der Waals surface area contributed by atoms with Crippen LogP contribution >= 0.6 is 0 Å². The summed E-state index contributed by atoms with van der Waals surface area (Å²) < 4.78 is 9.38. The summed E-state index contributed by atoms with van der Waals surface area (Å²) in [4.78, 5) is 0. The van der Waals surface area contributed by atoms with Crippen LogP contribution in [0.2, 0.25) is 0 Å². The average molecular weight is 1270 g/mol. The molecule has 2 aliphatic rings. The van der Waals surface area contributed by atoms with E-state index in [0.29, 0.717) is 33.9 Å². The number of aromatic nitrogens is 4. The third-order valence-corrected chi connectivity index (χ3v) is 22.2. The van der Waals surface area contributed by atoms with Crippen LogP contribution in [0.4, 0.5) is 0 Å². The molecule has 4 heterocycles. The van der Waals surface area contributed by atoms with Gasteiger partial charge >= 0.3 is 0 Å². The zero-order chi connectivity index (χ0) is 66.0. The number of para-hydroxylation sites is 6. The van der Waals surface area contributed by atoms with Gasteiger partial charge in [0.2, 0.25) is 0 Å². The third-order valence-electron chi connectivity index (χ3n) is 22.2. The largest absolute Gasteiger partial charge is 0.306 e. The molecule has 2 aliphatic carbocycles. The third kappa shape index (κ3) is 7.17. The molecule has 6 nitrogen and oxygen atoms in total. The number of hydrogen-bond acceptors (Lipinski definition) is 2. The van der Waals surface area contributed by atoms with Crippen molar-refractivity contribution in [2.45, 2.75) is 10.8 Å². The number of benzene rings is 15. The van der Waals surface area contributed by atoms with E-state index in [1.165, 1.54) is 44.5 Å². The molecule has 0 saturated carbocycles. The molecule has 6 heteroatoms. The van der Waals surface area contributed by atoms with E-state index in [1.54, 1.807) is 0 Å². The summed E-state index contributed by atoms with van der Waals surface area (Å²) in [7, 11) is 0. The SMILES string of the molecule is N#Cc1c(-n2c3ccccc3c3cc4c(cc32)-c2ccccc2C4(c2ccccc2)c2ccccc2)c(C#N)c(-n2c3ccccc3c3ccccc32)c(-n2c3ccccc3c3cc4c(cc32)-c2ccccc2C4(c2ccccc2)c2ccccc2)c1-n1c2ccccc2c2ccccc21. The lowest BCUT2D eigenvalue weighted by atomic mass is 9.67. The summed E-state index contributed by atoms with van der Waals surface area (Å²) in [6.45, 7) is 0. The molecule has 0 atom stereocenters. The Hall–Kier alpha value is -13.5. The molecule has 15 aromatic carbocycles. The van der Waals surface area contributed by atoms with Crippen molar-refractivity contribution in [2.75, 3.05) is 0 Å². The smallest absolute Gasteiger partial charge is 0.104 e. The van der Waals surface area contributed by atoms with Gasteiger partial charge in [0, 0.05) is 43.1 Å². The van der Waals surface area contributed by atoms with Gasteiger partial charge in [-0.25, -0.2) is 0 Å². The normalized spacial score (nSPS) is 13.3. The molecule has 0 saturated heterocycles. The summed E-state index contributed by atoms with van der Waals surface area (Å²) in [5.41, 5.74) is 23.0. The Morgan fingerprint density at radius 3 is 0.760 bits per heavy atom. The zero-order valence-corrected chi connectivity index (χ0v) is 54.0. The molecule has 0 fully saturated rings. The maximum absolute atomic E-state index is 13.2. The molecule has 0 bridgehead atoms. The average Bonchev–Trinajstić information content (AvgIpc) is 1.51. The van der Waals surface area contributed by atoms with Gasteiger partial charge in [0.05, 0.1) is 77.7 Å². The van der Waals surface area contributed by atoms with E-state index in [2.05, 4.69) is 370 Å². The highest BCUT2D eigenvalue weighted by Gasteiger charge is 2.49. The number of hydrogen-bond donors (Lipinski definition) is 0. The molecule has 0 radical (unpaired) electrons. The Balaban J connectivity index is 0.991. The molecule has 0 aliphatic heterocycles. The van der Waals surface area contributed by atoms with Gasteiger partial charge in [0.15, 0.2) is 0 Å². The van der Waals surface area contributed by atoms with Crippen molar-refractivity contribution in [3.05, 3.63) is 395 Å². The van der Waals surface area contributed by atoms with Crippen LogP contribution < -0.4 is 0 Å². The maximum atomic E-state index is 13.2. The Morgan fingerprint density at radius 1 is 0.200 bits per heavy atom. The summed E-state index contributed by atoms with van der Waals surface area (Å²) in [5, 5.41) is 34.7.